The highest BCUT2D eigenvalue weighted by molar-refractivity contribution is 5.87. The maximum Gasteiger partial charge on any atom is 0.353 e. The summed E-state index contributed by atoms with van der Waals surface area (Å²) < 4.78 is 0. The van der Waals surface area contributed by atoms with Gasteiger partial charge in [-0.05, 0) is 6.92 Å². The molecule has 3 nitrogen and oxygen atoms in total. The molecule has 0 rings (SSSR count). The van der Waals surface area contributed by atoms with Crippen molar-refractivity contribution in [1.29, 1.82) is 0 Å². The average Bonchev–Trinajstić information content (AvgIpc) is 1.67. The minimum absolute atomic E-state index is 0.132. The predicted molar refractivity (Wildman–Crippen MR) is 30.9 cm³/mol. The number of aliphatic carboxylic acids is 1. The maximum atomic E-state index is 9.88. The molecule has 0 radical (unpaired) electrons. The van der Waals surface area contributed by atoms with Crippen molar-refractivity contribution in [3.05, 3.63) is 12.3 Å². The zero-order valence-corrected chi connectivity index (χ0v) is 4.59. The molecule has 0 heterocycles. The van der Waals surface area contributed by atoms with E-state index in [0.29, 0.717) is 0 Å². The van der Waals surface area contributed by atoms with Gasteiger partial charge in [-0.25, -0.2) is 4.79 Å². The van der Waals surface area contributed by atoms with E-state index in [9.17, 15) is 4.79 Å². The third-order valence-corrected chi connectivity index (χ3v) is 0.532. The Bertz CT molecular complexity index is 137. The van der Waals surface area contributed by atoms with Crippen molar-refractivity contribution in [3.8, 4) is 0 Å². The van der Waals surface area contributed by atoms with Crippen molar-refractivity contribution < 1.29 is 9.90 Å². The van der Waals surface area contributed by atoms with Crippen LogP contribution in [0.1, 0.15) is 6.92 Å². The number of aliphatic imine (C=N–C) groups is 1. The second-order valence-electron chi connectivity index (χ2n) is 1.14. The van der Waals surface area contributed by atoms with E-state index in [-0.39, 0.29) is 5.70 Å². The van der Waals surface area contributed by atoms with Crippen LogP contribution in [-0.2, 0) is 4.79 Å². The number of hydrogen-bond donors (Lipinski definition) is 1. The lowest BCUT2D eigenvalue weighted by Crippen LogP contribution is -1.94. The number of carbonyl (C=O) groups is 1. The average molecular weight is 113 g/mol. The van der Waals surface area contributed by atoms with E-state index >= 15 is 0 Å². The van der Waals surface area contributed by atoms with Crippen LogP contribution in [0.4, 0.5) is 0 Å². The summed E-state index contributed by atoms with van der Waals surface area (Å²) in [5, 5.41) is 8.10. The molecular weight excluding hydrogens is 106 g/mol. The lowest BCUT2D eigenvalue weighted by Gasteiger charge is -1.84. The van der Waals surface area contributed by atoms with Crippen LogP contribution in [0.15, 0.2) is 17.3 Å². The highest BCUT2D eigenvalue weighted by Gasteiger charge is 1.96. The van der Waals surface area contributed by atoms with Crippen LogP contribution in [0.25, 0.3) is 0 Å². The second-order valence-corrected chi connectivity index (χ2v) is 1.14. The van der Waals surface area contributed by atoms with Crippen LogP contribution in [0.2, 0.25) is 0 Å². The molecule has 0 aliphatic carbocycles. The normalized spacial score (nSPS) is 9.62. The third kappa shape index (κ3) is 2.12. The molecule has 0 spiro atoms. The van der Waals surface area contributed by atoms with Gasteiger partial charge in [0, 0.05) is 6.21 Å². The summed E-state index contributed by atoms with van der Waals surface area (Å²) in [6.45, 7) is 4.78. The van der Waals surface area contributed by atoms with Gasteiger partial charge in [-0.1, -0.05) is 6.58 Å². The van der Waals surface area contributed by atoms with E-state index in [2.05, 4.69) is 11.6 Å². The van der Waals surface area contributed by atoms with Crippen molar-refractivity contribution in [2.75, 3.05) is 0 Å². The minimum Gasteiger partial charge on any atom is -0.477 e. The Morgan fingerprint density at radius 3 is 2.50 bits per heavy atom. The molecule has 0 saturated heterocycles. The fourth-order valence-electron chi connectivity index (χ4n) is 0.211. The molecular formula is C5H7NO2. The van der Waals surface area contributed by atoms with E-state index < -0.39 is 5.97 Å². The summed E-state index contributed by atoms with van der Waals surface area (Å²) in [7, 11) is 0. The summed E-state index contributed by atoms with van der Waals surface area (Å²) >= 11 is 0. The number of hydrogen-bond acceptors (Lipinski definition) is 2. The third-order valence-electron chi connectivity index (χ3n) is 0.532. The van der Waals surface area contributed by atoms with E-state index in [4.69, 9.17) is 5.11 Å². The molecule has 44 valence electrons. The minimum atomic E-state index is -1.08. The molecule has 0 aromatic heterocycles. The lowest BCUT2D eigenvalue weighted by molar-refractivity contribution is -0.132. The summed E-state index contributed by atoms with van der Waals surface area (Å²) in [5.41, 5.74) is -0.132. The fraction of sp³-hybridized carbons (Fsp3) is 0.200. The van der Waals surface area contributed by atoms with Crippen LogP contribution in [0.5, 0.6) is 0 Å². The van der Waals surface area contributed by atoms with Crippen LogP contribution in [0.3, 0.4) is 0 Å². The summed E-state index contributed by atoms with van der Waals surface area (Å²) in [5.74, 6) is -1.08. The molecule has 8 heavy (non-hydrogen) atoms. The van der Waals surface area contributed by atoms with Gasteiger partial charge in [0.15, 0.2) is 0 Å². The molecule has 0 unspecified atom stereocenters. The molecule has 0 amide bonds. The summed E-state index contributed by atoms with van der Waals surface area (Å²) in [6.07, 6.45) is 1.39. The van der Waals surface area contributed by atoms with Crippen LogP contribution in [-0.4, -0.2) is 17.3 Å². The van der Waals surface area contributed by atoms with Crippen molar-refractivity contribution in [2.24, 2.45) is 4.99 Å². The largest absolute Gasteiger partial charge is 0.477 e. The molecule has 3 heteroatoms. The van der Waals surface area contributed by atoms with E-state index in [0.717, 1.165) is 0 Å². The Labute approximate surface area is 47.4 Å². The van der Waals surface area contributed by atoms with Crippen molar-refractivity contribution in [2.45, 2.75) is 6.92 Å². The zero-order valence-electron chi connectivity index (χ0n) is 4.59. The first-order valence-electron chi connectivity index (χ1n) is 2.09. The highest BCUT2D eigenvalue weighted by atomic mass is 16.4. The fourth-order valence-corrected chi connectivity index (χ4v) is 0.211. The number of rotatable bonds is 2. The van der Waals surface area contributed by atoms with Crippen molar-refractivity contribution >= 4 is 12.2 Å². The maximum absolute atomic E-state index is 9.88. The van der Waals surface area contributed by atoms with Crippen molar-refractivity contribution in [3.63, 3.8) is 0 Å². The van der Waals surface area contributed by atoms with Crippen LogP contribution >= 0.6 is 0 Å². The SMILES string of the molecule is C=C(/N=C\C)C(=O)O. The van der Waals surface area contributed by atoms with Crippen LogP contribution < -0.4 is 0 Å². The first-order chi connectivity index (χ1) is 3.68. The highest BCUT2D eigenvalue weighted by Crippen LogP contribution is 1.87. The van der Waals surface area contributed by atoms with E-state index in [1.165, 1.54) is 6.21 Å². The Morgan fingerprint density at radius 2 is 2.38 bits per heavy atom. The van der Waals surface area contributed by atoms with E-state index in [1.807, 2.05) is 0 Å². The van der Waals surface area contributed by atoms with Gasteiger partial charge in [-0.15, -0.1) is 0 Å². The van der Waals surface area contributed by atoms with Gasteiger partial charge >= 0.3 is 5.97 Å². The number of nitrogens with zero attached hydrogens (tertiary/aromatic N) is 1. The standard InChI is InChI=1S/C5H7NO2/c1-3-6-4(2)5(7)8/h3H,2H2,1H3,(H,7,8)/b6-3-. The summed E-state index contributed by atoms with van der Waals surface area (Å²) in [4.78, 5) is 13.3. The second kappa shape index (κ2) is 2.96. The Kier molecular flexibility index (Phi) is 2.54. The zero-order chi connectivity index (χ0) is 6.57. The molecule has 0 fully saturated rings. The molecule has 0 saturated carbocycles. The Balaban J connectivity index is 3.85. The van der Waals surface area contributed by atoms with Gasteiger partial charge in [-0.2, -0.15) is 0 Å². The van der Waals surface area contributed by atoms with Gasteiger partial charge in [0.25, 0.3) is 0 Å². The number of carboxylic acid groups (broad SMARTS) is 1. The molecule has 0 bridgehead atoms. The predicted octanol–water partition coefficient (Wildman–Crippen LogP) is 0.675. The van der Waals surface area contributed by atoms with Crippen LogP contribution in [0, 0.1) is 0 Å². The molecule has 0 aliphatic rings. The molecule has 0 aromatic rings. The first-order valence-corrected chi connectivity index (χ1v) is 2.09. The molecule has 0 aliphatic heterocycles. The summed E-state index contributed by atoms with van der Waals surface area (Å²) in [6, 6.07) is 0. The van der Waals surface area contributed by atoms with Gasteiger partial charge in [0.2, 0.25) is 0 Å². The van der Waals surface area contributed by atoms with Gasteiger partial charge in [0.1, 0.15) is 5.70 Å². The van der Waals surface area contributed by atoms with Gasteiger partial charge < -0.3 is 5.11 Å². The van der Waals surface area contributed by atoms with Gasteiger partial charge in [0.05, 0.1) is 0 Å². The number of carboxylic acids is 1. The van der Waals surface area contributed by atoms with Crippen molar-refractivity contribution in [1.82, 2.24) is 0 Å². The Hall–Kier alpha value is -1.12. The molecule has 0 aromatic carbocycles. The lowest BCUT2D eigenvalue weighted by atomic mass is 10.5. The molecule has 1 N–H and O–H groups in total. The Morgan fingerprint density at radius 1 is 1.88 bits per heavy atom. The smallest absolute Gasteiger partial charge is 0.353 e. The first kappa shape index (κ1) is 6.88. The quantitative estimate of drug-likeness (QED) is 0.422. The molecule has 0 atom stereocenters. The topological polar surface area (TPSA) is 49.7 Å². The monoisotopic (exact) mass is 113 g/mol. The van der Waals surface area contributed by atoms with E-state index in [1.54, 1.807) is 6.92 Å². The van der Waals surface area contributed by atoms with Gasteiger partial charge in [-0.3, -0.25) is 4.99 Å².